The van der Waals surface area contributed by atoms with Crippen molar-refractivity contribution < 1.29 is 5.11 Å². The molecule has 0 aliphatic rings. The maximum absolute atomic E-state index is 9.33. The second kappa shape index (κ2) is 4.71. The highest BCUT2D eigenvalue weighted by Crippen LogP contribution is 2.26. The number of nitrogens with two attached hydrogens (primary N) is 1. The summed E-state index contributed by atoms with van der Waals surface area (Å²) in [4.78, 5) is 0. The number of nitrogens with zero attached hydrogens (tertiary/aromatic N) is 2. The van der Waals surface area contributed by atoms with E-state index in [-0.39, 0.29) is 5.75 Å². The first-order valence-electron chi connectivity index (χ1n) is 5.27. The Labute approximate surface area is 104 Å². The van der Waals surface area contributed by atoms with E-state index in [1.807, 2.05) is 24.7 Å². The van der Waals surface area contributed by atoms with E-state index in [4.69, 9.17) is 5.73 Å². The van der Waals surface area contributed by atoms with Crippen LogP contribution in [0.4, 0.5) is 5.69 Å². The van der Waals surface area contributed by atoms with Gasteiger partial charge in [-0.2, -0.15) is 5.10 Å². The molecule has 90 valence electrons. The first kappa shape index (κ1) is 11.9. The number of hydrogen-bond acceptors (Lipinski definition) is 4. The predicted molar refractivity (Wildman–Crippen MR) is 70.0 cm³/mol. The van der Waals surface area contributed by atoms with Gasteiger partial charge in [-0.1, -0.05) is 6.07 Å². The van der Waals surface area contributed by atoms with Crippen LogP contribution in [0.1, 0.15) is 11.3 Å². The van der Waals surface area contributed by atoms with E-state index >= 15 is 0 Å². The highest BCUT2D eigenvalue weighted by Gasteiger charge is 2.04. The summed E-state index contributed by atoms with van der Waals surface area (Å²) in [5, 5.41) is 14.7. The topological polar surface area (TPSA) is 64.1 Å². The maximum atomic E-state index is 9.33. The fourth-order valence-corrected chi connectivity index (χ4v) is 2.55. The molecule has 0 aliphatic carbocycles. The average Bonchev–Trinajstić information content (AvgIpc) is 2.59. The molecule has 1 aromatic heterocycles. The second-order valence-electron chi connectivity index (χ2n) is 3.93. The van der Waals surface area contributed by atoms with Crippen molar-refractivity contribution in [3.63, 3.8) is 0 Å². The molecule has 2 rings (SSSR count). The Hall–Kier alpha value is -1.62. The normalized spacial score (nSPS) is 10.7. The minimum absolute atomic E-state index is 0.134. The zero-order chi connectivity index (χ0) is 12.4. The van der Waals surface area contributed by atoms with E-state index in [2.05, 4.69) is 11.2 Å². The molecule has 17 heavy (non-hydrogen) atoms. The average molecular weight is 249 g/mol. The molecule has 0 atom stereocenters. The van der Waals surface area contributed by atoms with Gasteiger partial charge in [0.1, 0.15) is 5.75 Å². The summed E-state index contributed by atoms with van der Waals surface area (Å²) >= 11 is 1.70. The number of anilines is 1. The lowest BCUT2D eigenvalue weighted by Gasteiger charge is -2.04. The number of benzene rings is 1. The van der Waals surface area contributed by atoms with Gasteiger partial charge in [-0.15, -0.1) is 11.8 Å². The lowest BCUT2D eigenvalue weighted by Crippen LogP contribution is -1.93. The lowest BCUT2D eigenvalue weighted by atomic mass is 10.2. The first-order valence-corrected chi connectivity index (χ1v) is 6.25. The number of hydrogen-bond donors (Lipinski definition) is 2. The van der Waals surface area contributed by atoms with Crippen LogP contribution in [0, 0.1) is 6.92 Å². The van der Waals surface area contributed by atoms with E-state index in [1.54, 1.807) is 23.9 Å². The Morgan fingerprint density at radius 1 is 1.41 bits per heavy atom. The molecule has 0 radical (unpaired) electrons. The van der Waals surface area contributed by atoms with Crippen LogP contribution < -0.4 is 5.73 Å². The molecule has 0 bridgehead atoms. The molecular formula is C12H15N3OS. The summed E-state index contributed by atoms with van der Waals surface area (Å²) in [7, 11) is 1.93. The Balaban J connectivity index is 2.07. The van der Waals surface area contributed by atoms with E-state index in [1.165, 1.54) is 0 Å². The standard InChI is InChI=1S/C12H15N3OS/c1-8-5-12(15(2)14-8)17-7-9-3-4-11(16)10(13)6-9/h3-6,16H,7,13H2,1-2H3. The lowest BCUT2D eigenvalue weighted by molar-refractivity contribution is 0.478. The van der Waals surface area contributed by atoms with Crippen molar-refractivity contribution in [2.45, 2.75) is 17.7 Å². The van der Waals surface area contributed by atoms with Gasteiger partial charge in [-0.05, 0) is 30.7 Å². The third-order valence-electron chi connectivity index (χ3n) is 2.44. The molecule has 2 aromatic rings. The summed E-state index contributed by atoms with van der Waals surface area (Å²) < 4.78 is 1.86. The molecule has 0 spiro atoms. The van der Waals surface area contributed by atoms with Crippen LogP contribution in [0.5, 0.6) is 5.75 Å². The van der Waals surface area contributed by atoms with Crippen molar-refractivity contribution in [1.82, 2.24) is 9.78 Å². The molecule has 0 amide bonds. The van der Waals surface area contributed by atoms with Gasteiger partial charge < -0.3 is 10.8 Å². The molecule has 1 heterocycles. The zero-order valence-electron chi connectivity index (χ0n) is 9.84. The van der Waals surface area contributed by atoms with Gasteiger partial charge in [-0.25, -0.2) is 0 Å². The van der Waals surface area contributed by atoms with Crippen LogP contribution in [0.15, 0.2) is 29.3 Å². The largest absolute Gasteiger partial charge is 0.506 e. The number of nitrogen functional groups attached to an aromatic ring is 1. The number of thioether (sulfide) groups is 1. The number of phenols is 1. The smallest absolute Gasteiger partial charge is 0.138 e. The summed E-state index contributed by atoms with van der Waals surface area (Å²) in [6, 6.07) is 7.35. The van der Waals surface area contributed by atoms with Gasteiger partial charge in [0.05, 0.1) is 16.4 Å². The van der Waals surface area contributed by atoms with Gasteiger partial charge in [0.25, 0.3) is 0 Å². The Morgan fingerprint density at radius 3 is 2.76 bits per heavy atom. The molecule has 0 unspecified atom stereocenters. The van der Waals surface area contributed by atoms with E-state index < -0.39 is 0 Å². The molecule has 0 saturated carbocycles. The highest BCUT2D eigenvalue weighted by molar-refractivity contribution is 7.98. The minimum atomic E-state index is 0.134. The van der Waals surface area contributed by atoms with Gasteiger partial charge >= 0.3 is 0 Å². The van der Waals surface area contributed by atoms with Crippen molar-refractivity contribution in [3.8, 4) is 5.75 Å². The molecule has 0 saturated heterocycles. The molecular weight excluding hydrogens is 234 g/mol. The van der Waals surface area contributed by atoms with Crippen LogP contribution >= 0.6 is 11.8 Å². The monoisotopic (exact) mass is 249 g/mol. The Morgan fingerprint density at radius 2 is 2.18 bits per heavy atom. The zero-order valence-corrected chi connectivity index (χ0v) is 10.7. The third kappa shape index (κ3) is 2.74. The van der Waals surface area contributed by atoms with Gasteiger partial charge in [0, 0.05) is 12.8 Å². The molecule has 0 fully saturated rings. The van der Waals surface area contributed by atoms with Gasteiger partial charge in [0.2, 0.25) is 0 Å². The van der Waals surface area contributed by atoms with Crippen LogP contribution in [-0.2, 0) is 12.8 Å². The van der Waals surface area contributed by atoms with E-state index in [0.717, 1.165) is 22.0 Å². The molecule has 3 N–H and O–H groups in total. The number of aromatic hydroxyl groups is 1. The maximum Gasteiger partial charge on any atom is 0.138 e. The van der Waals surface area contributed by atoms with Crippen molar-refractivity contribution in [2.75, 3.05) is 5.73 Å². The number of rotatable bonds is 3. The van der Waals surface area contributed by atoms with E-state index in [0.29, 0.717) is 5.69 Å². The summed E-state index contributed by atoms with van der Waals surface area (Å²) in [6.07, 6.45) is 0. The van der Waals surface area contributed by atoms with Crippen molar-refractivity contribution in [2.24, 2.45) is 7.05 Å². The minimum Gasteiger partial charge on any atom is -0.506 e. The quantitative estimate of drug-likeness (QED) is 0.498. The van der Waals surface area contributed by atoms with Crippen molar-refractivity contribution in [1.29, 1.82) is 0 Å². The fraction of sp³-hybridized carbons (Fsp3) is 0.250. The summed E-state index contributed by atoms with van der Waals surface area (Å²) in [5.74, 6) is 0.943. The number of aryl methyl sites for hydroxylation is 2. The number of phenolic OH excluding ortho intramolecular Hbond substituents is 1. The fourth-order valence-electron chi connectivity index (χ4n) is 1.57. The molecule has 5 heteroatoms. The Bertz CT molecular complexity index is 537. The Kier molecular flexibility index (Phi) is 3.28. The first-order chi connectivity index (χ1) is 8.06. The summed E-state index contributed by atoms with van der Waals surface area (Å²) in [6.45, 7) is 1.97. The van der Waals surface area contributed by atoms with Crippen LogP contribution in [0.25, 0.3) is 0 Å². The SMILES string of the molecule is Cc1cc(SCc2ccc(O)c(N)c2)n(C)n1. The number of aromatic nitrogens is 2. The van der Waals surface area contributed by atoms with Gasteiger partial charge in [-0.3, -0.25) is 4.68 Å². The second-order valence-corrected chi connectivity index (χ2v) is 4.93. The van der Waals surface area contributed by atoms with Crippen LogP contribution in [0.2, 0.25) is 0 Å². The van der Waals surface area contributed by atoms with Crippen molar-refractivity contribution >= 4 is 17.4 Å². The van der Waals surface area contributed by atoms with Gasteiger partial charge in [0.15, 0.2) is 0 Å². The predicted octanol–water partition coefficient (Wildman–Crippen LogP) is 2.31. The van der Waals surface area contributed by atoms with E-state index in [9.17, 15) is 5.11 Å². The van der Waals surface area contributed by atoms with Crippen LogP contribution in [0.3, 0.4) is 0 Å². The highest BCUT2D eigenvalue weighted by atomic mass is 32.2. The molecule has 0 aliphatic heterocycles. The third-order valence-corrected chi connectivity index (χ3v) is 3.59. The van der Waals surface area contributed by atoms with Crippen molar-refractivity contribution in [3.05, 3.63) is 35.5 Å². The summed E-state index contributed by atoms with van der Waals surface area (Å²) in [5.41, 5.74) is 8.17. The molecule has 1 aromatic carbocycles. The van der Waals surface area contributed by atoms with Crippen LogP contribution in [-0.4, -0.2) is 14.9 Å². The molecule has 4 nitrogen and oxygen atoms in total.